The van der Waals surface area contributed by atoms with Crippen molar-refractivity contribution < 1.29 is 22.3 Å². The van der Waals surface area contributed by atoms with Crippen LogP contribution in [-0.2, 0) is 0 Å². The summed E-state index contributed by atoms with van der Waals surface area (Å²) in [5.74, 6) is -0.256. The van der Waals surface area contributed by atoms with Gasteiger partial charge in [0.2, 0.25) is 5.88 Å². The maximum absolute atomic E-state index is 13.2. The molecule has 3 aromatic heterocycles. The molecule has 0 spiro atoms. The van der Waals surface area contributed by atoms with Gasteiger partial charge in [0.1, 0.15) is 5.82 Å². The Balaban J connectivity index is 1.84. The molecule has 0 saturated carbocycles. The number of halogens is 4. The molecular weight excluding hydrogens is 392 g/mol. The van der Waals surface area contributed by atoms with Crippen LogP contribution in [0.3, 0.4) is 0 Å². The van der Waals surface area contributed by atoms with E-state index in [0.29, 0.717) is 22.6 Å². The summed E-state index contributed by atoms with van der Waals surface area (Å²) in [6.45, 7) is 2.04. The van der Waals surface area contributed by atoms with Crippen LogP contribution in [0.1, 0.15) is 11.4 Å². The standard InChI is InChI=1S/C18H14F4N6O/c1-10-16(11(2)28(26-10)13-5-3-12(19)4-6-13)17-25-24-14-7-23-8-15(27(14)17)29-9-18(20,21)22/h3-8H,9H2,1-2H3. The number of fused-ring (bicyclic) bond motifs is 1. The molecular formula is C18H14F4N6O. The van der Waals surface area contributed by atoms with Crippen molar-refractivity contribution in [2.75, 3.05) is 6.61 Å². The van der Waals surface area contributed by atoms with Crippen LogP contribution in [-0.4, -0.2) is 42.1 Å². The maximum Gasteiger partial charge on any atom is 0.422 e. The van der Waals surface area contributed by atoms with Crippen molar-refractivity contribution in [3.63, 3.8) is 0 Å². The Morgan fingerprint density at radius 2 is 1.76 bits per heavy atom. The van der Waals surface area contributed by atoms with Gasteiger partial charge in [-0.2, -0.15) is 18.3 Å². The Hall–Kier alpha value is -3.50. The van der Waals surface area contributed by atoms with Gasteiger partial charge < -0.3 is 4.74 Å². The number of aromatic nitrogens is 6. The minimum Gasteiger partial charge on any atom is -0.468 e. The number of hydrogen-bond donors (Lipinski definition) is 0. The molecule has 0 aliphatic carbocycles. The highest BCUT2D eigenvalue weighted by Gasteiger charge is 2.29. The van der Waals surface area contributed by atoms with Gasteiger partial charge in [0.15, 0.2) is 18.1 Å². The van der Waals surface area contributed by atoms with Crippen molar-refractivity contribution in [2.45, 2.75) is 20.0 Å². The Morgan fingerprint density at radius 3 is 2.45 bits per heavy atom. The summed E-state index contributed by atoms with van der Waals surface area (Å²) in [5.41, 5.74) is 2.65. The first-order valence-electron chi connectivity index (χ1n) is 8.46. The largest absolute Gasteiger partial charge is 0.468 e. The fourth-order valence-electron chi connectivity index (χ4n) is 3.04. The van der Waals surface area contributed by atoms with Gasteiger partial charge in [-0.1, -0.05) is 0 Å². The van der Waals surface area contributed by atoms with Crippen molar-refractivity contribution in [3.8, 4) is 23.0 Å². The Morgan fingerprint density at radius 1 is 1.03 bits per heavy atom. The molecule has 29 heavy (non-hydrogen) atoms. The molecule has 0 atom stereocenters. The van der Waals surface area contributed by atoms with Gasteiger partial charge in [0, 0.05) is 0 Å². The summed E-state index contributed by atoms with van der Waals surface area (Å²) in [7, 11) is 0. The topological polar surface area (TPSA) is 70.1 Å². The van der Waals surface area contributed by atoms with E-state index < -0.39 is 12.8 Å². The van der Waals surface area contributed by atoms with Gasteiger partial charge in [-0.3, -0.25) is 4.98 Å². The number of ether oxygens (including phenoxy) is 1. The average molecular weight is 406 g/mol. The third-order valence-corrected chi connectivity index (χ3v) is 4.25. The molecule has 4 aromatic rings. The zero-order valence-electron chi connectivity index (χ0n) is 15.3. The van der Waals surface area contributed by atoms with E-state index in [2.05, 4.69) is 20.3 Å². The summed E-state index contributed by atoms with van der Waals surface area (Å²) < 4.78 is 58.9. The lowest BCUT2D eigenvalue weighted by molar-refractivity contribution is -0.154. The molecule has 0 unspecified atom stereocenters. The fourth-order valence-corrected chi connectivity index (χ4v) is 3.04. The molecule has 150 valence electrons. The van der Waals surface area contributed by atoms with E-state index in [4.69, 9.17) is 4.74 Å². The van der Waals surface area contributed by atoms with Crippen LogP contribution in [0.25, 0.3) is 22.7 Å². The minimum absolute atomic E-state index is 0.145. The van der Waals surface area contributed by atoms with E-state index in [-0.39, 0.29) is 23.2 Å². The van der Waals surface area contributed by atoms with Gasteiger partial charge in [0.05, 0.1) is 35.0 Å². The second-order valence-corrected chi connectivity index (χ2v) is 6.30. The SMILES string of the molecule is Cc1nn(-c2ccc(F)cc2)c(C)c1-c1nnc2cncc(OCC(F)(F)F)n12. The fraction of sp³-hybridized carbons (Fsp3) is 0.222. The lowest BCUT2D eigenvalue weighted by Crippen LogP contribution is -2.20. The normalized spacial score (nSPS) is 11.9. The summed E-state index contributed by atoms with van der Waals surface area (Å²) in [5, 5.41) is 12.6. The first-order valence-corrected chi connectivity index (χ1v) is 8.46. The number of benzene rings is 1. The van der Waals surface area contributed by atoms with Crippen LogP contribution in [0.2, 0.25) is 0 Å². The predicted octanol–water partition coefficient (Wildman–Crippen LogP) is 3.67. The molecule has 4 rings (SSSR count). The van der Waals surface area contributed by atoms with Crippen LogP contribution in [0.15, 0.2) is 36.7 Å². The van der Waals surface area contributed by atoms with Crippen LogP contribution in [0.4, 0.5) is 17.6 Å². The number of aryl methyl sites for hydroxylation is 1. The number of hydrogen-bond acceptors (Lipinski definition) is 5. The van der Waals surface area contributed by atoms with E-state index in [0.717, 1.165) is 0 Å². The van der Waals surface area contributed by atoms with E-state index in [9.17, 15) is 17.6 Å². The van der Waals surface area contributed by atoms with Gasteiger partial charge in [-0.25, -0.2) is 13.5 Å². The number of rotatable bonds is 4. The Kier molecular flexibility index (Phi) is 4.44. The van der Waals surface area contributed by atoms with E-state index >= 15 is 0 Å². The lowest BCUT2D eigenvalue weighted by atomic mass is 10.2. The Bertz CT molecular complexity index is 1180. The summed E-state index contributed by atoms with van der Waals surface area (Å²) in [6, 6.07) is 5.77. The molecule has 0 radical (unpaired) electrons. The first kappa shape index (κ1) is 18.8. The third kappa shape index (κ3) is 3.50. The summed E-state index contributed by atoms with van der Waals surface area (Å²) in [6.07, 6.45) is -1.97. The van der Waals surface area contributed by atoms with Gasteiger partial charge in [-0.05, 0) is 38.1 Å². The summed E-state index contributed by atoms with van der Waals surface area (Å²) >= 11 is 0. The first-order chi connectivity index (χ1) is 13.7. The minimum atomic E-state index is -4.50. The molecule has 7 nitrogen and oxygen atoms in total. The molecule has 11 heteroatoms. The van der Waals surface area contributed by atoms with Crippen molar-refractivity contribution >= 4 is 5.65 Å². The van der Waals surface area contributed by atoms with Crippen molar-refractivity contribution in [1.82, 2.24) is 29.4 Å². The molecule has 0 amide bonds. The Labute approximate surface area is 161 Å². The van der Waals surface area contributed by atoms with E-state index in [1.54, 1.807) is 30.7 Å². The van der Waals surface area contributed by atoms with Gasteiger partial charge >= 0.3 is 6.18 Å². The molecule has 0 aliphatic heterocycles. The smallest absolute Gasteiger partial charge is 0.422 e. The van der Waals surface area contributed by atoms with Crippen LogP contribution >= 0.6 is 0 Å². The molecule has 0 fully saturated rings. The molecule has 0 saturated heterocycles. The van der Waals surface area contributed by atoms with Crippen LogP contribution < -0.4 is 4.74 Å². The maximum atomic E-state index is 13.2. The number of nitrogens with zero attached hydrogens (tertiary/aromatic N) is 6. The monoisotopic (exact) mass is 406 g/mol. The quantitative estimate of drug-likeness (QED) is 0.484. The second kappa shape index (κ2) is 6.83. The zero-order chi connectivity index (χ0) is 20.8. The van der Waals surface area contributed by atoms with Crippen molar-refractivity contribution in [2.24, 2.45) is 0 Å². The van der Waals surface area contributed by atoms with E-state index in [1.807, 2.05) is 0 Å². The van der Waals surface area contributed by atoms with Crippen LogP contribution in [0.5, 0.6) is 5.88 Å². The highest BCUT2D eigenvalue weighted by Crippen LogP contribution is 2.30. The highest BCUT2D eigenvalue weighted by molar-refractivity contribution is 5.66. The average Bonchev–Trinajstić information content (AvgIpc) is 3.21. The second-order valence-electron chi connectivity index (χ2n) is 6.30. The molecule has 0 N–H and O–H groups in total. The number of alkyl halides is 3. The molecule has 1 aromatic carbocycles. The molecule has 0 bridgehead atoms. The zero-order valence-corrected chi connectivity index (χ0v) is 15.3. The lowest BCUT2D eigenvalue weighted by Gasteiger charge is -2.11. The van der Waals surface area contributed by atoms with Gasteiger partial charge in [0.25, 0.3) is 0 Å². The third-order valence-electron chi connectivity index (χ3n) is 4.25. The molecule has 3 heterocycles. The van der Waals surface area contributed by atoms with Crippen molar-refractivity contribution in [3.05, 3.63) is 53.9 Å². The summed E-state index contributed by atoms with van der Waals surface area (Å²) in [4.78, 5) is 3.85. The van der Waals surface area contributed by atoms with Crippen LogP contribution in [0, 0.1) is 19.7 Å². The van der Waals surface area contributed by atoms with Crippen molar-refractivity contribution in [1.29, 1.82) is 0 Å². The predicted molar refractivity (Wildman–Crippen MR) is 94.3 cm³/mol. The molecule has 0 aliphatic rings. The van der Waals surface area contributed by atoms with Gasteiger partial charge in [-0.15, -0.1) is 10.2 Å². The highest BCUT2D eigenvalue weighted by atomic mass is 19.4. The van der Waals surface area contributed by atoms with E-state index in [1.165, 1.54) is 28.9 Å².